The highest BCUT2D eigenvalue weighted by Crippen LogP contribution is 2.17. The number of hydrogen-bond donors (Lipinski definition) is 1. The molecule has 0 bridgehead atoms. The minimum absolute atomic E-state index is 0.0839. The maximum Gasteiger partial charge on any atom is 0.308 e. The van der Waals surface area contributed by atoms with Gasteiger partial charge in [0, 0.05) is 19.1 Å². The third kappa shape index (κ3) is 5.63. The SMILES string of the molecule is COC(=O)CC1CN(CC(=O)NC2CCCCC2)CCO1. The second-order valence-electron chi connectivity index (χ2n) is 5.91. The van der Waals surface area contributed by atoms with Gasteiger partial charge >= 0.3 is 5.97 Å². The van der Waals surface area contributed by atoms with Crippen molar-refractivity contribution in [2.45, 2.75) is 50.7 Å². The predicted octanol–water partition coefficient (Wildman–Crippen LogP) is 0.699. The van der Waals surface area contributed by atoms with E-state index in [2.05, 4.69) is 15.0 Å². The van der Waals surface area contributed by atoms with Crippen LogP contribution < -0.4 is 5.32 Å². The number of morpholine rings is 1. The molecule has 1 saturated heterocycles. The molecule has 1 aliphatic heterocycles. The Kier molecular flexibility index (Phi) is 6.45. The minimum atomic E-state index is -0.270. The molecule has 6 nitrogen and oxygen atoms in total. The lowest BCUT2D eigenvalue weighted by Crippen LogP contribution is -2.49. The number of carbonyl (C=O) groups is 2. The molecule has 1 unspecified atom stereocenters. The van der Waals surface area contributed by atoms with Gasteiger partial charge in [-0.15, -0.1) is 0 Å². The molecule has 2 rings (SSSR count). The molecule has 21 heavy (non-hydrogen) atoms. The number of esters is 1. The first-order valence-corrected chi connectivity index (χ1v) is 7.87. The molecule has 1 saturated carbocycles. The topological polar surface area (TPSA) is 67.9 Å². The van der Waals surface area contributed by atoms with Crippen LogP contribution in [-0.2, 0) is 19.1 Å². The van der Waals surface area contributed by atoms with E-state index in [0.717, 1.165) is 19.4 Å². The van der Waals surface area contributed by atoms with E-state index in [4.69, 9.17) is 4.74 Å². The number of hydrogen-bond acceptors (Lipinski definition) is 5. The summed E-state index contributed by atoms with van der Waals surface area (Å²) in [7, 11) is 1.38. The van der Waals surface area contributed by atoms with Gasteiger partial charge in [0.1, 0.15) is 0 Å². The van der Waals surface area contributed by atoms with Gasteiger partial charge in [0.15, 0.2) is 0 Å². The molecule has 2 fully saturated rings. The zero-order valence-corrected chi connectivity index (χ0v) is 12.8. The average molecular weight is 298 g/mol. The van der Waals surface area contributed by atoms with Gasteiger partial charge in [-0.25, -0.2) is 0 Å². The van der Waals surface area contributed by atoms with Crippen LogP contribution in [0.3, 0.4) is 0 Å². The minimum Gasteiger partial charge on any atom is -0.469 e. The Bertz CT molecular complexity index is 356. The summed E-state index contributed by atoms with van der Waals surface area (Å²) in [5.74, 6) is -0.186. The van der Waals surface area contributed by atoms with Crippen molar-refractivity contribution in [2.75, 3.05) is 33.4 Å². The van der Waals surface area contributed by atoms with E-state index in [-0.39, 0.29) is 24.4 Å². The maximum atomic E-state index is 12.1. The summed E-state index contributed by atoms with van der Waals surface area (Å²) >= 11 is 0. The summed E-state index contributed by atoms with van der Waals surface area (Å²) in [6.45, 7) is 2.28. The lowest BCUT2D eigenvalue weighted by Gasteiger charge is -2.32. The smallest absolute Gasteiger partial charge is 0.308 e. The molecule has 0 radical (unpaired) electrons. The number of methoxy groups -OCH3 is 1. The number of rotatable bonds is 5. The van der Waals surface area contributed by atoms with E-state index < -0.39 is 0 Å². The van der Waals surface area contributed by atoms with E-state index in [1.54, 1.807) is 0 Å². The number of nitrogens with one attached hydrogen (secondary N) is 1. The Morgan fingerprint density at radius 1 is 1.29 bits per heavy atom. The molecule has 0 aromatic heterocycles. The molecule has 6 heteroatoms. The lowest BCUT2D eigenvalue weighted by molar-refractivity contribution is -0.145. The Morgan fingerprint density at radius 2 is 2.05 bits per heavy atom. The Hall–Kier alpha value is -1.14. The van der Waals surface area contributed by atoms with Gasteiger partial charge in [0.25, 0.3) is 0 Å². The zero-order valence-electron chi connectivity index (χ0n) is 12.8. The third-order valence-corrected chi connectivity index (χ3v) is 4.18. The van der Waals surface area contributed by atoms with Crippen LogP contribution in [0.25, 0.3) is 0 Å². The molecule has 0 spiro atoms. The quantitative estimate of drug-likeness (QED) is 0.757. The summed E-state index contributed by atoms with van der Waals surface area (Å²) < 4.78 is 10.2. The van der Waals surface area contributed by atoms with Gasteiger partial charge in [-0.1, -0.05) is 19.3 Å². The first-order chi connectivity index (χ1) is 10.2. The number of amides is 1. The van der Waals surface area contributed by atoms with Crippen LogP contribution in [0.1, 0.15) is 38.5 Å². The van der Waals surface area contributed by atoms with Crippen LogP contribution in [-0.4, -0.2) is 62.3 Å². The van der Waals surface area contributed by atoms with Crippen molar-refractivity contribution in [1.82, 2.24) is 10.2 Å². The van der Waals surface area contributed by atoms with Crippen molar-refractivity contribution >= 4 is 11.9 Å². The monoisotopic (exact) mass is 298 g/mol. The number of ether oxygens (including phenoxy) is 2. The largest absolute Gasteiger partial charge is 0.469 e. The van der Waals surface area contributed by atoms with Crippen molar-refractivity contribution < 1.29 is 19.1 Å². The van der Waals surface area contributed by atoms with Crippen molar-refractivity contribution in [2.24, 2.45) is 0 Å². The van der Waals surface area contributed by atoms with Crippen molar-refractivity contribution in [1.29, 1.82) is 0 Å². The molecule has 2 aliphatic rings. The lowest BCUT2D eigenvalue weighted by atomic mass is 9.95. The van der Waals surface area contributed by atoms with Gasteiger partial charge < -0.3 is 14.8 Å². The van der Waals surface area contributed by atoms with Crippen LogP contribution in [0.4, 0.5) is 0 Å². The second kappa shape index (κ2) is 8.34. The number of nitrogens with zero attached hydrogens (tertiary/aromatic N) is 1. The van der Waals surface area contributed by atoms with Crippen molar-refractivity contribution in [3.8, 4) is 0 Å². The fourth-order valence-electron chi connectivity index (χ4n) is 3.04. The van der Waals surface area contributed by atoms with E-state index in [1.165, 1.54) is 26.4 Å². The van der Waals surface area contributed by atoms with E-state index in [0.29, 0.717) is 25.7 Å². The zero-order chi connectivity index (χ0) is 15.1. The number of carbonyl (C=O) groups excluding carboxylic acids is 2. The Morgan fingerprint density at radius 3 is 2.76 bits per heavy atom. The van der Waals surface area contributed by atoms with E-state index in [9.17, 15) is 9.59 Å². The van der Waals surface area contributed by atoms with Gasteiger partial charge in [-0.2, -0.15) is 0 Å². The molecule has 120 valence electrons. The van der Waals surface area contributed by atoms with Gasteiger partial charge in [0.05, 0.1) is 32.8 Å². The Balaban J connectivity index is 1.71. The van der Waals surface area contributed by atoms with E-state index in [1.807, 2.05) is 0 Å². The highest BCUT2D eigenvalue weighted by atomic mass is 16.5. The summed E-state index contributed by atoms with van der Waals surface area (Å²) in [6, 6.07) is 0.346. The van der Waals surface area contributed by atoms with Crippen molar-refractivity contribution in [3.63, 3.8) is 0 Å². The highest BCUT2D eigenvalue weighted by molar-refractivity contribution is 5.78. The summed E-state index contributed by atoms with van der Waals surface area (Å²) in [5, 5.41) is 3.12. The predicted molar refractivity (Wildman–Crippen MR) is 77.8 cm³/mol. The standard InChI is InChI=1S/C15H26N2O4/c1-20-15(19)9-13-10-17(7-8-21-13)11-14(18)16-12-5-3-2-4-6-12/h12-13H,2-11H2,1H3,(H,16,18). The third-order valence-electron chi connectivity index (χ3n) is 4.18. The molecule has 0 aromatic rings. The second-order valence-corrected chi connectivity index (χ2v) is 5.91. The summed E-state index contributed by atoms with van der Waals surface area (Å²) in [6.07, 6.45) is 5.98. The van der Waals surface area contributed by atoms with Gasteiger partial charge in [0.2, 0.25) is 5.91 Å². The highest BCUT2D eigenvalue weighted by Gasteiger charge is 2.25. The Labute approximate surface area is 126 Å². The maximum absolute atomic E-state index is 12.1. The van der Waals surface area contributed by atoms with Crippen LogP contribution in [0.15, 0.2) is 0 Å². The first-order valence-electron chi connectivity index (χ1n) is 7.87. The fraction of sp³-hybridized carbons (Fsp3) is 0.867. The molecule has 1 aliphatic carbocycles. The van der Waals surface area contributed by atoms with E-state index >= 15 is 0 Å². The van der Waals surface area contributed by atoms with Crippen LogP contribution in [0.5, 0.6) is 0 Å². The van der Waals surface area contributed by atoms with Gasteiger partial charge in [-0.05, 0) is 12.8 Å². The van der Waals surface area contributed by atoms with Gasteiger partial charge in [-0.3, -0.25) is 14.5 Å². The van der Waals surface area contributed by atoms with Crippen LogP contribution in [0, 0.1) is 0 Å². The first kappa shape index (κ1) is 16.2. The molecule has 1 heterocycles. The van der Waals surface area contributed by atoms with Crippen molar-refractivity contribution in [3.05, 3.63) is 0 Å². The molecule has 1 atom stereocenters. The molecule has 0 aromatic carbocycles. The van der Waals surface area contributed by atoms with Crippen LogP contribution >= 0.6 is 0 Å². The summed E-state index contributed by atoms with van der Waals surface area (Å²) in [5.41, 5.74) is 0. The normalized spacial score (nSPS) is 24.5. The molecule has 1 N–H and O–H groups in total. The molecular formula is C15H26N2O4. The fourth-order valence-corrected chi connectivity index (χ4v) is 3.04. The summed E-state index contributed by atoms with van der Waals surface area (Å²) in [4.78, 5) is 25.4. The molecule has 1 amide bonds. The molecular weight excluding hydrogens is 272 g/mol. The van der Waals surface area contributed by atoms with Crippen LogP contribution in [0.2, 0.25) is 0 Å². The average Bonchev–Trinajstić information content (AvgIpc) is 2.48.